The van der Waals surface area contributed by atoms with Crippen molar-refractivity contribution in [2.75, 3.05) is 7.11 Å². The van der Waals surface area contributed by atoms with Crippen LogP contribution >= 0.6 is 11.6 Å². The molecule has 0 bridgehead atoms. The van der Waals surface area contributed by atoms with E-state index >= 15 is 0 Å². The first-order valence-corrected chi connectivity index (χ1v) is 6.98. The Morgan fingerprint density at radius 1 is 1.27 bits per heavy atom. The Labute approximate surface area is 132 Å². The van der Waals surface area contributed by atoms with Crippen molar-refractivity contribution >= 4 is 23.2 Å². The number of carbonyl (C=O) groups excluding carboxylic acids is 1. The third-order valence-electron chi connectivity index (χ3n) is 3.21. The fourth-order valence-corrected chi connectivity index (χ4v) is 2.20. The quantitative estimate of drug-likeness (QED) is 0.693. The van der Waals surface area contributed by atoms with Crippen molar-refractivity contribution in [3.63, 3.8) is 0 Å². The van der Waals surface area contributed by atoms with Gasteiger partial charge in [-0.15, -0.1) is 0 Å². The summed E-state index contributed by atoms with van der Waals surface area (Å²) in [4.78, 5) is 15.8. The van der Waals surface area contributed by atoms with Crippen molar-refractivity contribution in [3.05, 3.63) is 65.1 Å². The number of fused-ring (bicyclic) bond motifs is 1. The van der Waals surface area contributed by atoms with Gasteiger partial charge in [-0.3, -0.25) is 0 Å². The van der Waals surface area contributed by atoms with Crippen molar-refractivity contribution in [3.8, 4) is 5.75 Å². The molecule has 0 amide bonds. The van der Waals surface area contributed by atoms with E-state index in [4.69, 9.17) is 21.1 Å². The zero-order chi connectivity index (χ0) is 15.5. The van der Waals surface area contributed by atoms with Gasteiger partial charge < -0.3 is 13.9 Å². The zero-order valence-corrected chi connectivity index (χ0v) is 12.6. The number of aromatic nitrogens is 2. The number of rotatable bonds is 4. The van der Waals surface area contributed by atoms with Crippen LogP contribution in [0.25, 0.3) is 5.65 Å². The molecule has 1 aromatic carbocycles. The molecule has 0 aliphatic heterocycles. The predicted octanol–water partition coefficient (Wildman–Crippen LogP) is 3.35. The second kappa shape index (κ2) is 6.07. The maximum atomic E-state index is 11.5. The summed E-state index contributed by atoms with van der Waals surface area (Å²) < 4.78 is 12.3. The van der Waals surface area contributed by atoms with Crippen molar-refractivity contribution in [2.45, 2.75) is 6.61 Å². The van der Waals surface area contributed by atoms with E-state index in [-0.39, 0.29) is 5.97 Å². The Bertz CT molecular complexity index is 812. The third-order valence-corrected chi connectivity index (χ3v) is 3.46. The molecule has 0 N–H and O–H groups in total. The first-order valence-electron chi connectivity index (χ1n) is 6.60. The fraction of sp³-hybridized carbons (Fsp3) is 0.125. The number of nitrogens with zero attached hydrogens (tertiary/aromatic N) is 2. The molecule has 0 spiro atoms. The number of halogens is 1. The van der Waals surface area contributed by atoms with Crippen LogP contribution in [-0.2, 0) is 11.3 Å². The Kier molecular flexibility index (Phi) is 3.98. The Hall–Kier alpha value is -2.53. The Morgan fingerprint density at radius 2 is 2.05 bits per heavy atom. The third kappa shape index (κ3) is 2.89. The van der Waals surface area contributed by atoms with Gasteiger partial charge in [0.2, 0.25) is 0 Å². The minimum absolute atomic E-state index is 0.361. The summed E-state index contributed by atoms with van der Waals surface area (Å²) in [5.74, 6) is 0.343. The van der Waals surface area contributed by atoms with Crippen molar-refractivity contribution in [2.24, 2.45) is 0 Å². The summed E-state index contributed by atoms with van der Waals surface area (Å²) in [7, 11) is 1.35. The van der Waals surface area contributed by atoms with Gasteiger partial charge in [0.25, 0.3) is 0 Å². The SMILES string of the molecule is COC(=O)c1ccn2c(COc3ccc(Cl)cc3)cnc2c1. The van der Waals surface area contributed by atoms with E-state index < -0.39 is 0 Å². The molecule has 0 saturated carbocycles. The van der Waals surface area contributed by atoms with Crippen LogP contribution in [0.4, 0.5) is 0 Å². The molecule has 0 saturated heterocycles. The molecule has 2 aromatic heterocycles. The van der Waals surface area contributed by atoms with Gasteiger partial charge in [-0.1, -0.05) is 11.6 Å². The molecule has 2 heterocycles. The summed E-state index contributed by atoms with van der Waals surface area (Å²) in [5.41, 5.74) is 2.00. The average Bonchev–Trinajstić information content (AvgIpc) is 2.96. The molecule has 3 rings (SSSR count). The minimum Gasteiger partial charge on any atom is -0.487 e. The number of pyridine rings is 1. The first-order chi connectivity index (χ1) is 10.7. The van der Waals surface area contributed by atoms with Gasteiger partial charge in [-0.2, -0.15) is 0 Å². The predicted molar refractivity (Wildman–Crippen MR) is 82.3 cm³/mol. The van der Waals surface area contributed by atoms with Gasteiger partial charge in [0.15, 0.2) is 0 Å². The molecule has 0 aliphatic carbocycles. The van der Waals surface area contributed by atoms with Gasteiger partial charge in [-0.05, 0) is 36.4 Å². The van der Waals surface area contributed by atoms with Crippen LogP contribution in [0.5, 0.6) is 5.75 Å². The highest BCUT2D eigenvalue weighted by atomic mass is 35.5. The van der Waals surface area contributed by atoms with Crippen LogP contribution in [0.1, 0.15) is 16.1 Å². The van der Waals surface area contributed by atoms with E-state index in [9.17, 15) is 4.79 Å². The molecule has 0 radical (unpaired) electrons. The second-order valence-electron chi connectivity index (χ2n) is 4.63. The summed E-state index contributed by atoms with van der Waals surface area (Å²) in [6.45, 7) is 0.361. The summed E-state index contributed by atoms with van der Waals surface area (Å²) in [5, 5.41) is 0.664. The highest BCUT2D eigenvalue weighted by Crippen LogP contribution is 2.17. The standard InChI is InChI=1S/C16H13ClN2O3/c1-21-16(20)11-6-7-19-13(9-18-15(19)8-11)10-22-14-4-2-12(17)3-5-14/h2-9H,10H2,1H3. The number of ether oxygens (including phenoxy) is 2. The molecule has 5 nitrogen and oxygen atoms in total. The van der Waals surface area contributed by atoms with Crippen LogP contribution in [0.2, 0.25) is 5.02 Å². The number of esters is 1. The van der Waals surface area contributed by atoms with Crippen LogP contribution < -0.4 is 4.74 Å². The topological polar surface area (TPSA) is 52.8 Å². The average molecular weight is 317 g/mol. The van der Waals surface area contributed by atoms with Crippen molar-refractivity contribution < 1.29 is 14.3 Å². The monoisotopic (exact) mass is 316 g/mol. The number of imidazole rings is 1. The normalized spacial score (nSPS) is 10.6. The Morgan fingerprint density at radius 3 is 2.77 bits per heavy atom. The molecule has 0 aliphatic rings. The van der Waals surface area contributed by atoms with Gasteiger partial charge in [0.05, 0.1) is 24.6 Å². The molecule has 0 fully saturated rings. The summed E-state index contributed by atoms with van der Waals surface area (Å²) >= 11 is 5.83. The van der Waals surface area contributed by atoms with E-state index in [1.54, 1.807) is 48.8 Å². The molecule has 3 aromatic rings. The molecule has 0 unspecified atom stereocenters. The number of benzene rings is 1. The van der Waals surface area contributed by atoms with Crippen molar-refractivity contribution in [1.29, 1.82) is 0 Å². The van der Waals surface area contributed by atoms with E-state index in [0.717, 1.165) is 11.4 Å². The lowest BCUT2D eigenvalue weighted by atomic mass is 10.2. The fourth-order valence-electron chi connectivity index (χ4n) is 2.07. The maximum absolute atomic E-state index is 11.5. The van der Waals surface area contributed by atoms with Gasteiger partial charge >= 0.3 is 5.97 Å². The maximum Gasteiger partial charge on any atom is 0.338 e. The minimum atomic E-state index is -0.385. The van der Waals surface area contributed by atoms with Crippen LogP contribution in [0.15, 0.2) is 48.8 Å². The lowest BCUT2D eigenvalue weighted by Gasteiger charge is -2.06. The van der Waals surface area contributed by atoms with Gasteiger partial charge in [0, 0.05) is 11.2 Å². The van der Waals surface area contributed by atoms with Gasteiger partial charge in [-0.25, -0.2) is 9.78 Å². The Balaban J connectivity index is 1.79. The molecule has 0 atom stereocenters. The smallest absolute Gasteiger partial charge is 0.338 e. The lowest BCUT2D eigenvalue weighted by Crippen LogP contribution is -2.03. The van der Waals surface area contributed by atoms with E-state index in [1.165, 1.54) is 7.11 Å². The lowest BCUT2D eigenvalue weighted by molar-refractivity contribution is 0.0600. The van der Waals surface area contributed by atoms with E-state index in [1.807, 2.05) is 4.40 Å². The highest BCUT2D eigenvalue weighted by molar-refractivity contribution is 6.30. The number of methoxy groups -OCH3 is 1. The highest BCUT2D eigenvalue weighted by Gasteiger charge is 2.09. The van der Waals surface area contributed by atoms with E-state index in [0.29, 0.717) is 22.8 Å². The first kappa shape index (κ1) is 14.4. The number of hydrogen-bond donors (Lipinski definition) is 0. The number of hydrogen-bond acceptors (Lipinski definition) is 4. The molecule has 22 heavy (non-hydrogen) atoms. The zero-order valence-electron chi connectivity index (χ0n) is 11.8. The van der Waals surface area contributed by atoms with Gasteiger partial charge in [0.1, 0.15) is 18.0 Å². The largest absolute Gasteiger partial charge is 0.487 e. The van der Waals surface area contributed by atoms with Crippen molar-refractivity contribution in [1.82, 2.24) is 9.38 Å². The summed E-state index contributed by atoms with van der Waals surface area (Å²) in [6.07, 6.45) is 3.49. The second-order valence-corrected chi connectivity index (χ2v) is 5.06. The van der Waals surface area contributed by atoms with Crippen LogP contribution in [0.3, 0.4) is 0 Å². The van der Waals surface area contributed by atoms with E-state index in [2.05, 4.69) is 4.98 Å². The molecular weight excluding hydrogens is 304 g/mol. The molecular formula is C16H13ClN2O3. The van der Waals surface area contributed by atoms with Crippen LogP contribution in [-0.4, -0.2) is 22.5 Å². The van der Waals surface area contributed by atoms with Crippen LogP contribution in [0, 0.1) is 0 Å². The molecule has 6 heteroatoms. The molecule has 112 valence electrons. The number of carbonyl (C=O) groups is 1. The summed E-state index contributed by atoms with van der Waals surface area (Å²) in [6, 6.07) is 10.5.